The summed E-state index contributed by atoms with van der Waals surface area (Å²) in [5, 5.41) is 7.96. The zero-order valence-corrected chi connectivity index (χ0v) is 13.8. The van der Waals surface area contributed by atoms with Gasteiger partial charge in [-0.05, 0) is 38.1 Å². The topological polar surface area (TPSA) is 66.9 Å². The van der Waals surface area contributed by atoms with Gasteiger partial charge >= 0.3 is 6.03 Å². The smallest absolute Gasteiger partial charge is 0.308 e. The van der Waals surface area contributed by atoms with Crippen LogP contribution in [0.3, 0.4) is 0 Å². The van der Waals surface area contributed by atoms with E-state index in [1.165, 1.54) is 11.3 Å². The largest absolute Gasteiger partial charge is 0.325 e. The van der Waals surface area contributed by atoms with Gasteiger partial charge in [-0.2, -0.15) is 0 Å². The van der Waals surface area contributed by atoms with Crippen LogP contribution >= 0.6 is 11.3 Å². The fraction of sp³-hybridized carbons (Fsp3) is 0.118. The second-order valence-electron chi connectivity index (χ2n) is 4.50. The highest BCUT2D eigenvalue weighted by molar-refractivity contribution is 7.14. The highest BCUT2D eigenvalue weighted by Gasteiger charge is 2.08. The highest BCUT2D eigenvalue weighted by atomic mass is 32.1. The lowest BCUT2D eigenvalue weighted by Gasteiger charge is -2.05. The van der Waals surface area contributed by atoms with Gasteiger partial charge in [0.2, 0.25) is 0 Å². The molecule has 6 heteroatoms. The summed E-state index contributed by atoms with van der Waals surface area (Å²) in [4.78, 5) is 20.4. The predicted octanol–water partition coefficient (Wildman–Crippen LogP) is 4.36. The maximum atomic E-state index is 12.0. The molecule has 5 nitrogen and oxygen atoms in total. The first-order chi connectivity index (χ1) is 11.2. The molecule has 0 bridgehead atoms. The molecule has 118 valence electrons. The first kappa shape index (κ1) is 16.6. The van der Waals surface area contributed by atoms with Crippen LogP contribution in [0.1, 0.15) is 13.8 Å². The molecule has 0 radical (unpaired) electrons. The molecule has 2 aromatic rings. The van der Waals surface area contributed by atoms with E-state index in [9.17, 15) is 4.79 Å². The molecule has 0 saturated carbocycles. The van der Waals surface area contributed by atoms with Crippen molar-refractivity contribution in [1.82, 2.24) is 15.3 Å². The summed E-state index contributed by atoms with van der Waals surface area (Å²) in [6, 6.07) is 3.43. The van der Waals surface area contributed by atoms with Gasteiger partial charge < -0.3 is 5.32 Å². The molecule has 0 aliphatic rings. The fourth-order valence-electron chi connectivity index (χ4n) is 1.76. The Morgan fingerprint density at radius 3 is 2.70 bits per heavy atom. The van der Waals surface area contributed by atoms with Crippen molar-refractivity contribution in [3.05, 3.63) is 66.0 Å². The normalized spacial score (nSPS) is 12.0. The number of thiazole rings is 1. The van der Waals surface area contributed by atoms with E-state index in [1.54, 1.807) is 12.4 Å². The fourth-order valence-corrected chi connectivity index (χ4v) is 2.48. The SMILES string of the molecule is C\C=C/C=C(\C=C/C)NC(=O)Nc1nc(-c2ccncc2)cs1. The molecule has 0 unspecified atom stereocenters. The summed E-state index contributed by atoms with van der Waals surface area (Å²) < 4.78 is 0. The molecule has 2 heterocycles. The molecule has 2 amide bonds. The van der Waals surface area contributed by atoms with Crippen LogP contribution in [0.15, 0.2) is 66.0 Å². The Balaban J connectivity index is 2.02. The van der Waals surface area contributed by atoms with E-state index in [0.717, 1.165) is 11.3 Å². The van der Waals surface area contributed by atoms with E-state index in [2.05, 4.69) is 20.6 Å². The zero-order chi connectivity index (χ0) is 16.5. The van der Waals surface area contributed by atoms with E-state index in [0.29, 0.717) is 10.8 Å². The second kappa shape index (κ2) is 8.65. The molecule has 0 saturated heterocycles. The van der Waals surface area contributed by atoms with Crippen LogP contribution in [0.25, 0.3) is 11.3 Å². The molecule has 2 aromatic heterocycles. The van der Waals surface area contributed by atoms with Crippen LogP contribution in [-0.2, 0) is 0 Å². The second-order valence-corrected chi connectivity index (χ2v) is 5.36. The van der Waals surface area contributed by atoms with Gasteiger partial charge in [0.05, 0.1) is 5.69 Å². The molecule has 23 heavy (non-hydrogen) atoms. The lowest BCUT2D eigenvalue weighted by Crippen LogP contribution is -2.27. The van der Waals surface area contributed by atoms with Gasteiger partial charge in [-0.25, -0.2) is 9.78 Å². The van der Waals surface area contributed by atoms with E-state index >= 15 is 0 Å². The molecule has 2 N–H and O–H groups in total. The number of carbonyl (C=O) groups is 1. The summed E-state index contributed by atoms with van der Waals surface area (Å²) in [6.07, 6.45) is 12.7. The van der Waals surface area contributed by atoms with Crippen molar-refractivity contribution in [2.45, 2.75) is 13.8 Å². The lowest BCUT2D eigenvalue weighted by molar-refractivity contribution is 0.254. The molecule has 0 fully saturated rings. The van der Waals surface area contributed by atoms with Crippen molar-refractivity contribution >= 4 is 22.5 Å². The third kappa shape index (κ3) is 5.19. The number of nitrogens with zero attached hydrogens (tertiary/aromatic N) is 2. The Morgan fingerprint density at radius 2 is 2.00 bits per heavy atom. The minimum atomic E-state index is -0.325. The van der Waals surface area contributed by atoms with Gasteiger partial charge in [0, 0.05) is 29.0 Å². The van der Waals surface area contributed by atoms with Gasteiger partial charge in [-0.3, -0.25) is 10.3 Å². The van der Waals surface area contributed by atoms with E-state index in [1.807, 2.05) is 61.7 Å². The molecule has 0 spiro atoms. The van der Waals surface area contributed by atoms with Crippen LogP contribution in [0.5, 0.6) is 0 Å². The predicted molar refractivity (Wildman–Crippen MR) is 95.2 cm³/mol. The number of amides is 2. The van der Waals surface area contributed by atoms with Crippen molar-refractivity contribution in [3.8, 4) is 11.3 Å². The van der Waals surface area contributed by atoms with Crippen molar-refractivity contribution in [2.24, 2.45) is 0 Å². The van der Waals surface area contributed by atoms with E-state index in [4.69, 9.17) is 0 Å². The number of allylic oxidation sites excluding steroid dienone is 5. The van der Waals surface area contributed by atoms with Crippen molar-refractivity contribution in [2.75, 3.05) is 5.32 Å². The number of carbonyl (C=O) groups excluding carboxylic acids is 1. The minimum Gasteiger partial charge on any atom is -0.308 e. The van der Waals surface area contributed by atoms with Gasteiger partial charge in [0.25, 0.3) is 0 Å². The van der Waals surface area contributed by atoms with Gasteiger partial charge in [-0.1, -0.05) is 18.2 Å². The molecular weight excluding hydrogens is 308 g/mol. The van der Waals surface area contributed by atoms with E-state index in [-0.39, 0.29) is 6.03 Å². The third-order valence-electron chi connectivity index (χ3n) is 2.77. The van der Waals surface area contributed by atoms with Crippen LogP contribution < -0.4 is 10.6 Å². The van der Waals surface area contributed by atoms with Crippen molar-refractivity contribution in [1.29, 1.82) is 0 Å². The van der Waals surface area contributed by atoms with Gasteiger partial charge in [-0.15, -0.1) is 11.3 Å². The molecule has 0 aromatic carbocycles. The monoisotopic (exact) mass is 326 g/mol. The molecule has 0 aliphatic heterocycles. The number of hydrogen-bond acceptors (Lipinski definition) is 4. The van der Waals surface area contributed by atoms with Crippen LogP contribution in [0, 0.1) is 0 Å². The van der Waals surface area contributed by atoms with Crippen molar-refractivity contribution < 1.29 is 4.79 Å². The van der Waals surface area contributed by atoms with Crippen molar-refractivity contribution in [3.63, 3.8) is 0 Å². The summed E-state index contributed by atoms with van der Waals surface area (Å²) in [7, 11) is 0. The number of nitrogens with one attached hydrogen (secondary N) is 2. The molecule has 2 rings (SSSR count). The number of urea groups is 1. The van der Waals surface area contributed by atoms with Gasteiger partial charge in [0.15, 0.2) is 5.13 Å². The maximum absolute atomic E-state index is 12.0. The van der Waals surface area contributed by atoms with Crippen LogP contribution in [0.4, 0.5) is 9.93 Å². The quantitative estimate of drug-likeness (QED) is 0.802. The zero-order valence-electron chi connectivity index (χ0n) is 13.0. The average molecular weight is 326 g/mol. The average Bonchev–Trinajstić information content (AvgIpc) is 3.02. The standard InChI is InChI=1S/C17H18N4OS/c1-3-5-7-14(6-4-2)19-16(22)21-17-20-15(12-23-17)13-8-10-18-11-9-13/h3-12H,1-2H3,(H2,19,20,21,22)/b5-3-,6-4-,14-7+. The summed E-state index contributed by atoms with van der Waals surface area (Å²) >= 11 is 1.38. The lowest BCUT2D eigenvalue weighted by atomic mass is 10.2. The number of anilines is 1. The maximum Gasteiger partial charge on any atom is 0.325 e. The first-order valence-electron chi connectivity index (χ1n) is 7.12. The Kier molecular flexibility index (Phi) is 6.26. The Bertz CT molecular complexity index is 732. The number of rotatable bonds is 5. The number of hydrogen-bond donors (Lipinski definition) is 2. The van der Waals surface area contributed by atoms with Gasteiger partial charge in [0.1, 0.15) is 0 Å². The van der Waals surface area contributed by atoms with Crippen LogP contribution in [-0.4, -0.2) is 16.0 Å². The number of pyridine rings is 1. The number of aromatic nitrogens is 2. The summed E-state index contributed by atoms with van der Waals surface area (Å²) in [5.41, 5.74) is 2.48. The summed E-state index contributed by atoms with van der Waals surface area (Å²) in [5.74, 6) is 0. The highest BCUT2D eigenvalue weighted by Crippen LogP contribution is 2.24. The molecular formula is C17H18N4OS. The third-order valence-corrected chi connectivity index (χ3v) is 3.53. The Morgan fingerprint density at radius 1 is 1.22 bits per heavy atom. The Labute approximate surface area is 139 Å². The summed E-state index contributed by atoms with van der Waals surface area (Å²) in [6.45, 7) is 3.81. The first-order valence-corrected chi connectivity index (χ1v) is 8.00. The molecule has 0 aliphatic carbocycles. The minimum absolute atomic E-state index is 0.325. The Hall–Kier alpha value is -2.73. The van der Waals surface area contributed by atoms with E-state index < -0.39 is 0 Å². The van der Waals surface area contributed by atoms with Crippen LogP contribution in [0.2, 0.25) is 0 Å². The molecule has 0 atom stereocenters.